The Balaban J connectivity index is 1.64. The molecule has 0 radical (unpaired) electrons. The van der Waals surface area contributed by atoms with Crippen LogP contribution in [0.25, 0.3) is 0 Å². The second kappa shape index (κ2) is 8.84. The van der Waals surface area contributed by atoms with Crippen molar-refractivity contribution < 1.29 is 19.5 Å². The maximum atomic E-state index is 12.5. The molecule has 0 bridgehead atoms. The molecule has 0 atom stereocenters. The van der Waals surface area contributed by atoms with Crippen LogP contribution >= 0.6 is 0 Å². The van der Waals surface area contributed by atoms with Crippen LogP contribution in [-0.4, -0.2) is 22.9 Å². The van der Waals surface area contributed by atoms with E-state index in [0.29, 0.717) is 16.9 Å². The first kappa shape index (κ1) is 19.8. The van der Waals surface area contributed by atoms with Crippen molar-refractivity contribution in [1.29, 1.82) is 0 Å². The Morgan fingerprint density at radius 3 is 2.14 bits per heavy atom. The van der Waals surface area contributed by atoms with E-state index in [9.17, 15) is 14.4 Å². The smallest absolute Gasteiger partial charge is 0.335 e. The third kappa shape index (κ3) is 5.29. The highest BCUT2D eigenvalue weighted by molar-refractivity contribution is 6.05. The SMILES string of the molecule is Cc1ccc(C(=O)O)cc1NC(=O)c1ccc(NC(=O)Cc2ccccc2)cc1. The number of anilines is 2. The minimum Gasteiger partial charge on any atom is -0.478 e. The number of carbonyl (C=O) groups is 3. The van der Waals surface area contributed by atoms with Gasteiger partial charge in [0, 0.05) is 16.9 Å². The van der Waals surface area contributed by atoms with Crippen LogP contribution in [0.5, 0.6) is 0 Å². The second-order valence-corrected chi connectivity index (χ2v) is 6.58. The van der Waals surface area contributed by atoms with Gasteiger partial charge in [0.25, 0.3) is 5.91 Å². The van der Waals surface area contributed by atoms with Crippen LogP contribution in [0.4, 0.5) is 11.4 Å². The van der Waals surface area contributed by atoms with E-state index in [-0.39, 0.29) is 23.8 Å². The lowest BCUT2D eigenvalue weighted by Crippen LogP contribution is -2.15. The zero-order valence-electron chi connectivity index (χ0n) is 15.8. The van der Waals surface area contributed by atoms with E-state index in [2.05, 4.69) is 10.6 Å². The van der Waals surface area contributed by atoms with Crippen LogP contribution in [0.3, 0.4) is 0 Å². The standard InChI is InChI=1S/C23H20N2O4/c1-15-7-8-18(23(28)29)14-20(15)25-22(27)17-9-11-19(12-10-17)24-21(26)13-16-5-3-2-4-6-16/h2-12,14H,13H2,1H3,(H,24,26)(H,25,27)(H,28,29). The fourth-order valence-electron chi connectivity index (χ4n) is 2.78. The average Bonchev–Trinajstić information content (AvgIpc) is 2.70. The maximum absolute atomic E-state index is 12.5. The highest BCUT2D eigenvalue weighted by Gasteiger charge is 2.11. The molecule has 29 heavy (non-hydrogen) atoms. The summed E-state index contributed by atoms with van der Waals surface area (Å²) in [6.07, 6.45) is 0.266. The van der Waals surface area contributed by atoms with Gasteiger partial charge in [0.2, 0.25) is 5.91 Å². The summed E-state index contributed by atoms with van der Waals surface area (Å²) in [4.78, 5) is 35.7. The quantitative estimate of drug-likeness (QED) is 0.592. The Kier molecular flexibility index (Phi) is 6.04. The number of benzene rings is 3. The Morgan fingerprint density at radius 2 is 1.48 bits per heavy atom. The first-order valence-corrected chi connectivity index (χ1v) is 9.01. The predicted molar refractivity (Wildman–Crippen MR) is 111 cm³/mol. The van der Waals surface area contributed by atoms with Crippen molar-refractivity contribution in [3.63, 3.8) is 0 Å². The van der Waals surface area contributed by atoms with E-state index < -0.39 is 5.97 Å². The number of nitrogens with one attached hydrogen (secondary N) is 2. The number of carboxylic acids is 1. The van der Waals surface area contributed by atoms with Gasteiger partial charge in [-0.2, -0.15) is 0 Å². The van der Waals surface area contributed by atoms with E-state index in [1.807, 2.05) is 30.3 Å². The number of amides is 2. The Morgan fingerprint density at radius 1 is 0.828 bits per heavy atom. The van der Waals surface area contributed by atoms with Gasteiger partial charge < -0.3 is 15.7 Å². The van der Waals surface area contributed by atoms with Crippen LogP contribution in [0.2, 0.25) is 0 Å². The number of rotatable bonds is 6. The van der Waals surface area contributed by atoms with Crippen molar-refractivity contribution in [2.45, 2.75) is 13.3 Å². The first-order valence-electron chi connectivity index (χ1n) is 9.01. The van der Waals surface area contributed by atoms with Crippen molar-refractivity contribution in [3.05, 3.63) is 95.1 Å². The number of hydrogen-bond acceptors (Lipinski definition) is 3. The van der Waals surface area contributed by atoms with Crippen LogP contribution < -0.4 is 10.6 Å². The molecule has 0 aliphatic carbocycles. The third-order valence-corrected chi connectivity index (χ3v) is 4.37. The molecule has 3 aromatic carbocycles. The van der Waals surface area contributed by atoms with Crippen molar-refractivity contribution in [2.24, 2.45) is 0 Å². The molecule has 3 N–H and O–H groups in total. The summed E-state index contributed by atoms with van der Waals surface area (Å²) < 4.78 is 0. The fraction of sp³-hybridized carbons (Fsp3) is 0.0870. The maximum Gasteiger partial charge on any atom is 0.335 e. The Hall–Kier alpha value is -3.93. The summed E-state index contributed by atoms with van der Waals surface area (Å²) in [5.41, 5.74) is 3.20. The molecule has 0 unspecified atom stereocenters. The average molecular weight is 388 g/mol. The summed E-state index contributed by atoms with van der Waals surface area (Å²) >= 11 is 0. The molecule has 3 aromatic rings. The molecule has 0 heterocycles. The van der Waals surface area contributed by atoms with E-state index >= 15 is 0 Å². The van der Waals surface area contributed by atoms with Gasteiger partial charge in [-0.15, -0.1) is 0 Å². The molecule has 2 amide bonds. The van der Waals surface area contributed by atoms with Crippen LogP contribution in [0.1, 0.15) is 31.8 Å². The number of carboxylic acid groups (broad SMARTS) is 1. The van der Waals surface area contributed by atoms with Crippen molar-refractivity contribution >= 4 is 29.2 Å². The number of hydrogen-bond donors (Lipinski definition) is 3. The van der Waals surface area contributed by atoms with Gasteiger partial charge in [0.15, 0.2) is 0 Å². The zero-order valence-corrected chi connectivity index (χ0v) is 15.8. The van der Waals surface area contributed by atoms with E-state index in [0.717, 1.165) is 11.1 Å². The van der Waals surface area contributed by atoms with Gasteiger partial charge >= 0.3 is 5.97 Å². The zero-order chi connectivity index (χ0) is 20.8. The molecule has 0 saturated carbocycles. The molecule has 6 nitrogen and oxygen atoms in total. The number of aromatic carboxylic acids is 1. The third-order valence-electron chi connectivity index (χ3n) is 4.37. The molecule has 3 rings (SSSR count). The lowest BCUT2D eigenvalue weighted by molar-refractivity contribution is -0.115. The van der Waals surface area contributed by atoms with Gasteiger partial charge in [-0.3, -0.25) is 9.59 Å². The highest BCUT2D eigenvalue weighted by Crippen LogP contribution is 2.19. The molecule has 0 aliphatic rings. The second-order valence-electron chi connectivity index (χ2n) is 6.58. The normalized spacial score (nSPS) is 10.2. The monoisotopic (exact) mass is 388 g/mol. The molecular weight excluding hydrogens is 368 g/mol. The number of aryl methyl sites for hydroxylation is 1. The molecule has 0 aliphatic heterocycles. The van der Waals surface area contributed by atoms with Gasteiger partial charge in [0.05, 0.1) is 12.0 Å². The summed E-state index contributed by atoms with van der Waals surface area (Å²) in [7, 11) is 0. The van der Waals surface area contributed by atoms with Gasteiger partial charge in [-0.05, 0) is 54.4 Å². The molecule has 146 valence electrons. The van der Waals surface area contributed by atoms with Crippen LogP contribution in [0, 0.1) is 6.92 Å². The van der Waals surface area contributed by atoms with Crippen molar-refractivity contribution in [2.75, 3.05) is 10.6 Å². The lowest BCUT2D eigenvalue weighted by Gasteiger charge is -2.10. The molecule has 0 fully saturated rings. The van der Waals surface area contributed by atoms with E-state index in [1.54, 1.807) is 37.3 Å². The Labute approximate surface area is 168 Å². The van der Waals surface area contributed by atoms with Crippen LogP contribution in [0.15, 0.2) is 72.8 Å². The summed E-state index contributed by atoms with van der Waals surface area (Å²) in [5, 5.41) is 14.6. The fourth-order valence-corrected chi connectivity index (χ4v) is 2.78. The predicted octanol–water partition coefficient (Wildman–Crippen LogP) is 4.13. The van der Waals surface area contributed by atoms with E-state index in [1.165, 1.54) is 12.1 Å². The summed E-state index contributed by atoms with van der Waals surface area (Å²) in [6, 6.07) is 20.5. The van der Waals surface area contributed by atoms with Gasteiger partial charge in [-0.1, -0.05) is 36.4 Å². The molecule has 0 aromatic heterocycles. The minimum atomic E-state index is -1.06. The molecule has 6 heteroatoms. The van der Waals surface area contributed by atoms with Crippen LogP contribution in [-0.2, 0) is 11.2 Å². The number of carbonyl (C=O) groups excluding carboxylic acids is 2. The largest absolute Gasteiger partial charge is 0.478 e. The Bertz CT molecular complexity index is 1040. The first-order chi connectivity index (χ1) is 13.9. The van der Waals surface area contributed by atoms with Gasteiger partial charge in [0.1, 0.15) is 0 Å². The van der Waals surface area contributed by atoms with Gasteiger partial charge in [-0.25, -0.2) is 4.79 Å². The summed E-state index contributed by atoms with van der Waals surface area (Å²) in [6.45, 7) is 1.78. The molecule has 0 saturated heterocycles. The topological polar surface area (TPSA) is 95.5 Å². The highest BCUT2D eigenvalue weighted by atomic mass is 16.4. The minimum absolute atomic E-state index is 0.0994. The van der Waals surface area contributed by atoms with E-state index in [4.69, 9.17) is 5.11 Å². The van der Waals surface area contributed by atoms with Crippen molar-refractivity contribution in [1.82, 2.24) is 0 Å². The molecule has 0 spiro atoms. The van der Waals surface area contributed by atoms with Crippen molar-refractivity contribution in [3.8, 4) is 0 Å². The molecular formula is C23H20N2O4. The lowest BCUT2D eigenvalue weighted by atomic mass is 10.1. The summed E-state index contributed by atoms with van der Waals surface area (Å²) in [5.74, 6) is -1.57.